The van der Waals surface area contributed by atoms with Crippen LogP contribution in [0.4, 0.5) is 0 Å². The van der Waals surface area contributed by atoms with Gasteiger partial charge < -0.3 is 19.7 Å². The number of morpholine rings is 1. The Morgan fingerprint density at radius 1 is 1.42 bits per heavy atom. The second-order valence-corrected chi connectivity index (χ2v) is 5.52. The molecule has 1 atom stereocenters. The first-order valence-corrected chi connectivity index (χ1v) is 7.38. The number of nitrogens with zero attached hydrogens (tertiary/aromatic N) is 1. The summed E-state index contributed by atoms with van der Waals surface area (Å²) in [6.07, 6.45) is 4.18. The lowest BCUT2D eigenvalue weighted by Crippen LogP contribution is -2.47. The largest absolute Gasteiger partial charge is 0.382 e. The van der Waals surface area contributed by atoms with Crippen LogP contribution in [0.2, 0.25) is 0 Å². The number of methoxy groups -OCH3 is 1. The van der Waals surface area contributed by atoms with Crippen molar-refractivity contribution in [3.63, 3.8) is 0 Å². The zero-order valence-electron chi connectivity index (χ0n) is 11.9. The molecule has 2 rings (SSSR count). The smallest absolute Gasteiger partial charge is 0.222 e. The van der Waals surface area contributed by atoms with Gasteiger partial charge in [0.25, 0.3) is 0 Å². The average Bonchev–Trinajstić information content (AvgIpc) is 2.46. The monoisotopic (exact) mass is 270 g/mol. The van der Waals surface area contributed by atoms with Crippen LogP contribution in [0.3, 0.4) is 0 Å². The summed E-state index contributed by atoms with van der Waals surface area (Å²) in [4.78, 5) is 14.1. The van der Waals surface area contributed by atoms with Gasteiger partial charge in [0.05, 0.1) is 19.3 Å². The van der Waals surface area contributed by atoms with Crippen LogP contribution in [0, 0.1) is 5.92 Å². The van der Waals surface area contributed by atoms with Crippen LogP contribution in [0.25, 0.3) is 0 Å². The van der Waals surface area contributed by atoms with Crippen LogP contribution in [-0.2, 0) is 14.3 Å². The molecule has 1 N–H and O–H groups in total. The molecule has 1 unspecified atom stereocenters. The predicted molar refractivity (Wildman–Crippen MR) is 73.0 cm³/mol. The number of hydrogen-bond acceptors (Lipinski definition) is 4. The van der Waals surface area contributed by atoms with Crippen molar-refractivity contribution in [2.75, 3.05) is 46.5 Å². The lowest BCUT2D eigenvalue weighted by atomic mass is 9.93. The second kappa shape index (κ2) is 7.82. The van der Waals surface area contributed by atoms with E-state index in [2.05, 4.69) is 5.32 Å². The van der Waals surface area contributed by atoms with Crippen molar-refractivity contribution in [2.45, 2.75) is 31.8 Å². The molecule has 0 bridgehead atoms. The van der Waals surface area contributed by atoms with Gasteiger partial charge in [-0.2, -0.15) is 0 Å². The number of carbonyl (C=O) groups is 1. The topological polar surface area (TPSA) is 50.8 Å². The maximum Gasteiger partial charge on any atom is 0.222 e. The van der Waals surface area contributed by atoms with Crippen LogP contribution >= 0.6 is 0 Å². The maximum atomic E-state index is 12.2. The molecule has 2 heterocycles. The molecule has 0 aromatic carbocycles. The van der Waals surface area contributed by atoms with E-state index in [0.717, 1.165) is 32.0 Å². The number of carbonyl (C=O) groups excluding carboxylic acids is 1. The molecule has 5 nitrogen and oxygen atoms in total. The third-order valence-corrected chi connectivity index (χ3v) is 4.07. The van der Waals surface area contributed by atoms with Gasteiger partial charge in [0.15, 0.2) is 0 Å². The Hall–Kier alpha value is -0.650. The normalized spacial score (nSPS) is 25.5. The molecule has 0 aliphatic carbocycles. The first kappa shape index (κ1) is 14.8. The Bertz CT molecular complexity index is 278. The van der Waals surface area contributed by atoms with E-state index in [1.54, 1.807) is 7.11 Å². The molecule has 2 fully saturated rings. The first-order chi connectivity index (χ1) is 9.29. The lowest BCUT2D eigenvalue weighted by molar-refractivity contribution is -0.141. The van der Waals surface area contributed by atoms with Gasteiger partial charge in [0.2, 0.25) is 5.91 Å². The summed E-state index contributed by atoms with van der Waals surface area (Å²) >= 11 is 0. The molecular formula is C14H26N2O3. The van der Waals surface area contributed by atoms with Gasteiger partial charge in [0.1, 0.15) is 0 Å². The fraction of sp³-hybridized carbons (Fsp3) is 0.929. The fourth-order valence-corrected chi connectivity index (χ4v) is 2.89. The van der Waals surface area contributed by atoms with Crippen LogP contribution in [0.15, 0.2) is 0 Å². The molecule has 0 aromatic rings. The number of ether oxygens (including phenoxy) is 2. The van der Waals surface area contributed by atoms with Gasteiger partial charge in [0, 0.05) is 26.6 Å². The van der Waals surface area contributed by atoms with Crippen molar-refractivity contribution in [2.24, 2.45) is 5.92 Å². The Labute approximate surface area is 115 Å². The van der Waals surface area contributed by atoms with Gasteiger partial charge >= 0.3 is 0 Å². The molecule has 0 spiro atoms. The molecule has 0 saturated carbocycles. The third kappa shape index (κ3) is 4.75. The van der Waals surface area contributed by atoms with Crippen molar-refractivity contribution >= 4 is 5.91 Å². The first-order valence-electron chi connectivity index (χ1n) is 7.38. The molecule has 5 heteroatoms. The lowest BCUT2D eigenvalue weighted by Gasteiger charge is -2.33. The van der Waals surface area contributed by atoms with E-state index in [1.807, 2.05) is 4.90 Å². The van der Waals surface area contributed by atoms with Crippen molar-refractivity contribution in [3.05, 3.63) is 0 Å². The quantitative estimate of drug-likeness (QED) is 0.796. The summed E-state index contributed by atoms with van der Waals surface area (Å²) < 4.78 is 10.7. The highest BCUT2D eigenvalue weighted by Gasteiger charge is 2.24. The summed E-state index contributed by atoms with van der Waals surface area (Å²) in [5.74, 6) is 1.00. The summed E-state index contributed by atoms with van der Waals surface area (Å²) in [6.45, 7) is 4.81. The van der Waals surface area contributed by atoms with Gasteiger partial charge in [-0.3, -0.25) is 4.79 Å². The number of amides is 1. The van der Waals surface area contributed by atoms with E-state index in [-0.39, 0.29) is 12.0 Å². The average molecular weight is 270 g/mol. The molecule has 0 aromatic heterocycles. The Balaban J connectivity index is 1.69. The van der Waals surface area contributed by atoms with E-state index in [1.165, 1.54) is 12.8 Å². The highest BCUT2D eigenvalue weighted by atomic mass is 16.5. The van der Waals surface area contributed by atoms with Crippen LogP contribution in [0.1, 0.15) is 25.7 Å². The van der Waals surface area contributed by atoms with E-state index < -0.39 is 0 Å². The molecule has 0 radical (unpaired) electrons. The van der Waals surface area contributed by atoms with E-state index in [0.29, 0.717) is 26.2 Å². The molecule has 2 saturated heterocycles. The summed E-state index contributed by atoms with van der Waals surface area (Å²) in [5, 5.41) is 3.36. The van der Waals surface area contributed by atoms with Gasteiger partial charge in [-0.05, 0) is 38.3 Å². The Kier molecular flexibility index (Phi) is 6.07. The minimum absolute atomic E-state index is 0.0431. The number of rotatable bonds is 5. The molecular weight excluding hydrogens is 244 g/mol. The molecule has 19 heavy (non-hydrogen) atoms. The van der Waals surface area contributed by atoms with Gasteiger partial charge in [-0.25, -0.2) is 0 Å². The van der Waals surface area contributed by atoms with E-state index in [9.17, 15) is 4.79 Å². The van der Waals surface area contributed by atoms with Gasteiger partial charge in [-0.15, -0.1) is 0 Å². The zero-order chi connectivity index (χ0) is 13.5. The maximum absolute atomic E-state index is 12.2. The van der Waals surface area contributed by atoms with Crippen LogP contribution < -0.4 is 5.32 Å². The molecule has 110 valence electrons. The minimum atomic E-state index is 0.0431. The number of piperidine rings is 1. The van der Waals surface area contributed by atoms with Crippen LogP contribution in [-0.4, -0.2) is 63.4 Å². The summed E-state index contributed by atoms with van der Waals surface area (Å²) in [6, 6.07) is 0. The number of nitrogens with one attached hydrogen (secondary N) is 1. The van der Waals surface area contributed by atoms with Crippen molar-refractivity contribution in [1.82, 2.24) is 10.2 Å². The highest BCUT2D eigenvalue weighted by Crippen LogP contribution is 2.19. The van der Waals surface area contributed by atoms with Crippen molar-refractivity contribution in [1.29, 1.82) is 0 Å². The standard InChI is InChI=1S/C14H26N2O3/c1-18-11-13-10-16(8-9-19-13)14(17)3-2-12-4-6-15-7-5-12/h12-13,15H,2-11H2,1H3. The molecule has 1 amide bonds. The van der Waals surface area contributed by atoms with Crippen LogP contribution in [0.5, 0.6) is 0 Å². The molecule has 2 aliphatic heterocycles. The summed E-state index contributed by atoms with van der Waals surface area (Å²) in [7, 11) is 1.67. The fourth-order valence-electron chi connectivity index (χ4n) is 2.89. The zero-order valence-corrected chi connectivity index (χ0v) is 11.9. The summed E-state index contributed by atoms with van der Waals surface area (Å²) in [5.41, 5.74) is 0. The highest BCUT2D eigenvalue weighted by molar-refractivity contribution is 5.76. The number of hydrogen-bond donors (Lipinski definition) is 1. The SMILES string of the molecule is COCC1CN(C(=O)CCC2CCNCC2)CCO1. The van der Waals surface area contributed by atoms with E-state index in [4.69, 9.17) is 9.47 Å². The van der Waals surface area contributed by atoms with E-state index >= 15 is 0 Å². The van der Waals surface area contributed by atoms with Gasteiger partial charge in [-0.1, -0.05) is 0 Å². The third-order valence-electron chi connectivity index (χ3n) is 4.07. The van der Waals surface area contributed by atoms with Crippen molar-refractivity contribution in [3.8, 4) is 0 Å². The molecule has 2 aliphatic rings. The Morgan fingerprint density at radius 3 is 2.95 bits per heavy atom. The van der Waals surface area contributed by atoms with Crippen molar-refractivity contribution < 1.29 is 14.3 Å². The Morgan fingerprint density at radius 2 is 2.21 bits per heavy atom. The second-order valence-electron chi connectivity index (χ2n) is 5.52. The predicted octanol–water partition coefficient (Wildman–Crippen LogP) is 0.640. The minimum Gasteiger partial charge on any atom is -0.382 e.